The van der Waals surface area contributed by atoms with Gasteiger partial charge < -0.3 is 4.90 Å². The Bertz CT molecular complexity index is 1840. The Hall–Kier alpha value is -3.60. The van der Waals surface area contributed by atoms with Crippen LogP contribution in [-0.4, -0.2) is 52.2 Å². The molecule has 1 aliphatic heterocycles. The highest BCUT2D eigenvalue weighted by Crippen LogP contribution is 2.37. The Morgan fingerprint density at radius 3 is 2.41 bits per heavy atom. The zero-order valence-corrected chi connectivity index (χ0v) is 24.1. The van der Waals surface area contributed by atoms with E-state index in [-0.39, 0.29) is 22.1 Å². The van der Waals surface area contributed by atoms with E-state index < -0.39 is 16.4 Å². The molecule has 0 saturated carbocycles. The van der Waals surface area contributed by atoms with Gasteiger partial charge in [-0.3, -0.25) is 4.68 Å². The summed E-state index contributed by atoms with van der Waals surface area (Å²) in [5.41, 5.74) is 3.19. The Labute approximate surface area is 242 Å². The average Bonchev–Trinajstić information content (AvgIpc) is 3.54. The van der Waals surface area contributed by atoms with Crippen LogP contribution in [0.4, 0.5) is 8.78 Å². The molecule has 0 radical (unpaired) electrons. The van der Waals surface area contributed by atoms with Crippen molar-refractivity contribution in [3.63, 3.8) is 0 Å². The van der Waals surface area contributed by atoms with E-state index >= 15 is 0 Å². The summed E-state index contributed by atoms with van der Waals surface area (Å²) in [6.07, 6.45) is 4.16. The zero-order chi connectivity index (χ0) is 28.9. The molecule has 1 saturated heterocycles. The van der Waals surface area contributed by atoms with Crippen molar-refractivity contribution in [1.29, 1.82) is 0 Å². The zero-order valence-electron chi connectivity index (χ0n) is 22.5. The predicted molar refractivity (Wildman–Crippen MR) is 156 cm³/mol. The number of rotatable bonds is 6. The maximum Gasteiger partial charge on any atom is 0.269 e. The molecule has 0 N–H and O–H groups in total. The van der Waals surface area contributed by atoms with Gasteiger partial charge in [-0.2, -0.15) is 5.10 Å². The molecule has 1 fully saturated rings. The van der Waals surface area contributed by atoms with E-state index in [2.05, 4.69) is 22.0 Å². The van der Waals surface area contributed by atoms with Gasteiger partial charge in [-0.05, 0) is 69.7 Å². The van der Waals surface area contributed by atoms with Crippen LogP contribution in [0.5, 0.6) is 0 Å². The Kier molecular flexibility index (Phi) is 7.17. The first-order valence-corrected chi connectivity index (χ1v) is 15.1. The molecule has 41 heavy (non-hydrogen) atoms. The van der Waals surface area contributed by atoms with E-state index in [9.17, 15) is 17.2 Å². The molecule has 6 rings (SSSR count). The van der Waals surface area contributed by atoms with E-state index in [1.54, 1.807) is 42.6 Å². The Balaban J connectivity index is 1.51. The smallest absolute Gasteiger partial charge is 0.269 e. The van der Waals surface area contributed by atoms with Crippen LogP contribution in [0.15, 0.2) is 78.1 Å². The number of piperidine rings is 1. The number of alkyl halides is 2. The van der Waals surface area contributed by atoms with Crippen LogP contribution in [0.25, 0.3) is 33.3 Å². The van der Waals surface area contributed by atoms with Gasteiger partial charge in [0.2, 0.25) is 0 Å². The number of likely N-dealkylation sites (tertiary alicyclic amines) is 1. The van der Waals surface area contributed by atoms with E-state index in [0.29, 0.717) is 32.8 Å². The van der Waals surface area contributed by atoms with Crippen LogP contribution >= 0.6 is 11.6 Å². The number of fused-ring (bicyclic) bond motifs is 1. The first kappa shape index (κ1) is 27.6. The molecule has 5 aromatic rings. The second-order valence-electron chi connectivity index (χ2n) is 10.5. The Morgan fingerprint density at radius 1 is 0.976 bits per heavy atom. The van der Waals surface area contributed by atoms with Crippen molar-refractivity contribution in [3.05, 3.63) is 89.5 Å². The number of hydrogen-bond donors (Lipinski definition) is 0. The number of aromatic nitrogens is 4. The highest BCUT2D eigenvalue weighted by molar-refractivity contribution is 7.90. The molecule has 1 aliphatic rings. The average molecular weight is 596 g/mol. The van der Waals surface area contributed by atoms with Crippen molar-refractivity contribution >= 4 is 32.7 Å². The van der Waals surface area contributed by atoms with Gasteiger partial charge in [0, 0.05) is 46.2 Å². The summed E-state index contributed by atoms with van der Waals surface area (Å²) < 4.78 is 57.7. The molecule has 212 valence electrons. The maximum absolute atomic E-state index is 13.8. The van der Waals surface area contributed by atoms with Gasteiger partial charge >= 0.3 is 0 Å². The predicted octanol–water partition coefficient (Wildman–Crippen LogP) is 6.97. The molecule has 0 unspecified atom stereocenters. The second kappa shape index (κ2) is 10.7. The molecular weight excluding hydrogens is 568 g/mol. The van der Waals surface area contributed by atoms with E-state index in [4.69, 9.17) is 11.6 Å². The van der Waals surface area contributed by atoms with Gasteiger partial charge in [0.1, 0.15) is 0 Å². The lowest BCUT2D eigenvalue weighted by Gasteiger charge is -2.28. The molecular formula is C30H28ClF2N5O2S. The van der Waals surface area contributed by atoms with Gasteiger partial charge in [0.15, 0.2) is 10.8 Å². The van der Waals surface area contributed by atoms with Gasteiger partial charge in [0.05, 0.1) is 10.9 Å². The molecule has 2 aromatic carbocycles. The highest BCUT2D eigenvalue weighted by atomic mass is 35.5. The number of aryl methyl sites for hydroxylation is 1. The van der Waals surface area contributed by atoms with Crippen molar-refractivity contribution in [3.8, 4) is 22.3 Å². The minimum Gasteiger partial charge on any atom is -0.306 e. The fourth-order valence-electron chi connectivity index (χ4n) is 5.32. The Morgan fingerprint density at radius 2 is 1.71 bits per heavy atom. The minimum atomic E-state index is -4.04. The lowest BCUT2D eigenvalue weighted by Crippen LogP contribution is -2.31. The third-order valence-corrected chi connectivity index (χ3v) is 9.64. The first-order valence-electron chi connectivity index (χ1n) is 13.3. The SMILES string of the molecule is Cc1ccc(S(=O)(=O)n2cc(-c3cccc(C(F)F)c3)c3cc(-c4cn(C5CCN(C)CC5)nc4Cl)cnc32)cc1. The highest BCUT2D eigenvalue weighted by Gasteiger charge is 2.25. The lowest BCUT2D eigenvalue weighted by molar-refractivity contribution is 0.151. The lowest BCUT2D eigenvalue weighted by atomic mass is 10.0. The number of pyridine rings is 1. The summed E-state index contributed by atoms with van der Waals surface area (Å²) in [5, 5.41) is 5.38. The number of benzene rings is 2. The molecule has 0 amide bonds. The quantitative estimate of drug-likeness (QED) is 0.212. The first-order chi connectivity index (χ1) is 19.6. The third kappa shape index (κ3) is 5.16. The van der Waals surface area contributed by atoms with Gasteiger partial charge in [-0.1, -0.05) is 47.5 Å². The number of hydrogen-bond acceptors (Lipinski definition) is 5. The van der Waals surface area contributed by atoms with Crippen molar-refractivity contribution < 1.29 is 17.2 Å². The standard InChI is InChI=1S/C30H28ClF2N5O2S/c1-19-6-8-24(9-7-19)41(39,40)38-18-26(20-4-3-5-21(14-20)29(32)33)25-15-22(16-34-30(25)38)27-17-37(35-28(27)31)23-10-12-36(2)13-11-23/h3-9,14-18,23,29H,10-13H2,1-2H3. The number of halogens is 3. The summed E-state index contributed by atoms with van der Waals surface area (Å²) in [6, 6.07) is 14.5. The van der Waals surface area contributed by atoms with Crippen LogP contribution in [0, 0.1) is 6.92 Å². The maximum atomic E-state index is 13.8. The minimum absolute atomic E-state index is 0.0983. The normalized spacial score (nSPS) is 15.3. The fraction of sp³-hybridized carbons (Fsp3) is 0.267. The molecule has 0 aliphatic carbocycles. The van der Waals surface area contributed by atoms with Crippen molar-refractivity contribution in [1.82, 2.24) is 23.6 Å². The van der Waals surface area contributed by atoms with Crippen LogP contribution in [0.3, 0.4) is 0 Å². The van der Waals surface area contributed by atoms with Crippen LogP contribution in [0.2, 0.25) is 5.15 Å². The molecule has 3 aromatic heterocycles. The summed E-state index contributed by atoms with van der Waals surface area (Å²) in [5.74, 6) is 0. The van der Waals surface area contributed by atoms with Crippen LogP contribution in [-0.2, 0) is 10.0 Å². The molecule has 0 atom stereocenters. The summed E-state index contributed by atoms with van der Waals surface area (Å²) in [4.78, 5) is 6.95. The topological polar surface area (TPSA) is 73.0 Å². The second-order valence-corrected chi connectivity index (χ2v) is 12.7. The molecule has 0 bridgehead atoms. The van der Waals surface area contributed by atoms with Crippen molar-refractivity contribution in [2.24, 2.45) is 0 Å². The summed E-state index contributed by atoms with van der Waals surface area (Å²) >= 11 is 6.61. The monoisotopic (exact) mass is 595 g/mol. The van der Waals surface area contributed by atoms with E-state index in [1.807, 2.05) is 17.8 Å². The number of nitrogens with zero attached hydrogens (tertiary/aromatic N) is 5. The van der Waals surface area contributed by atoms with Crippen LogP contribution in [0.1, 0.15) is 36.4 Å². The van der Waals surface area contributed by atoms with Gasteiger partial charge in [-0.15, -0.1) is 0 Å². The molecule has 11 heteroatoms. The molecule has 7 nitrogen and oxygen atoms in total. The third-order valence-electron chi connectivity index (χ3n) is 7.70. The van der Waals surface area contributed by atoms with E-state index in [1.165, 1.54) is 24.4 Å². The van der Waals surface area contributed by atoms with Crippen molar-refractivity contribution in [2.75, 3.05) is 20.1 Å². The summed E-state index contributed by atoms with van der Waals surface area (Å²) in [6.45, 7) is 3.81. The van der Waals surface area contributed by atoms with Crippen LogP contribution < -0.4 is 0 Å². The van der Waals surface area contributed by atoms with Gasteiger partial charge in [0.25, 0.3) is 16.4 Å². The van der Waals surface area contributed by atoms with Gasteiger partial charge in [-0.25, -0.2) is 26.2 Å². The summed E-state index contributed by atoms with van der Waals surface area (Å²) in [7, 11) is -1.94. The molecule has 0 spiro atoms. The molecule has 4 heterocycles. The largest absolute Gasteiger partial charge is 0.306 e. The van der Waals surface area contributed by atoms with E-state index in [0.717, 1.165) is 35.5 Å². The van der Waals surface area contributed by atoms with Crippen molar-refractivity contribution in [2.45, 2.75) is 37.1 Å². The fourth-order valence-corrected chi connectivity index (χ4v) is 6.89.